The summed E-state index contributed by atoms with van der Waals surface area (Å²) in [4.78, 5) is 13.2. The molecule has 3 rings (SSSR count). The Morgan fingerprint density at radius 1 is 1.35 bits per heavy atom. The summed E-state index contributed by atoms with van der Waals surface area (Å²) < 4.78 is 4.85. The zero-order valence-corrected chi connectivity index (χ0v) is 11.5. The van der Waals surface area contributed by atoms with Gasteiger partial charge < -0.3 is 4.74 Å². The topological polar surface area (TPSA) is 69.0 Å². The van der Waals surface area contributed by atoms with E-state index >= 15 is 0 Å². The molecule has 20 heavy (non-hydrogen) atoms. The van der Waals surface area contributed by atoms with Gasteiger partial charge in [-0.05, 0) is 38.0 Å². The van der Waals surface area contributed by atoms with Crippen molar-refractivity contribution in [3.05, 3.63) is 18.2 Å². The molecule has 0 aliphatic heterocycles. The molecular weight excluding hydrogens is 256 g/mol. The van der Waals surface area contributed by atoms with Crippen LogP contribution in [0.25, 0.3) is 11.0 Å². The van der Waals surface area contributed by atoms with Gasteiger partial charge in [-0.2, -0.15) is 15.0 Å². The lowest BCUT2D eigenvalue weighted by molar-refractivity contribution is 0.168. The third kappa shape index (κ3) is 2.59. The number of hydrogen-bond acceptors (Lipinski definition) is 4. The van der Waals surface area contributed by atoms with E-state index < -0.39 is 6.09 Å². The van der Waals surface area contributed by atoms with Gasteiger partial charge in [0.05, 0.1) is 12.6 Å². The first kappa shape index (κ1) is 12.9. The largest absolute Gasteiger partial charge is 0.450 e. The van der Waals surface area contributed by atoms with Crippen LogP contribution >= 0.6 is 0 Å². The Balaban J connectivity index is 1.81. The zero-order valence-electron chi connectivity index (χ0n) is 11.5. The second-order valence-corrected chi connectivity index (χ2v) is 5.01. The van der Waals surface area contributed by atoms with Crippen LogP contribution in [-0.2, 0) is 4.74 Å². The highest BCUT2D eigenvalue weighted by atomic mass is 16.5. The number of benzene rings is 1. The highest BCUT2D eigenvalue weighted by Gasteiger charge is 2.19. The van der Waals surface area contributed by atoms with Gasteiger partial charge in [-0.15, -0.1) is 0 Å². The molecule has 0 bridgehead atoms. The van der Waals surface area contributed by atoms with Crippen molar-refractivity contribution in [2.24, 2.45) is 0 Å². The normalized spacial score (nSPS) is 15.7. The molecule has 0 saturated heterocycles. The zero-order chi connectivity index (χ0) is 13.9. The first-order valence-electron chi connectivity index (χ1n) is 7.06. The molecule has 1 saturated carbocycles. The lowest BCUT2D eigenvalue weighted by Crippen LogP contribution is -2.13. The summed E-state index contributed by atoms with van der Waals surface area (Å²) in [5.74, 6) is 0. The second kappa shape index (κ2) is 5.48. The lowest BCUT2D eigenvalue weighted by atomic mass is 10.3. The molecule has 6 heteroatoms. The van der Waals surface area contributed by atoms with Gasteiger partial charge in [0.25, 0.3) is 0 Å². The lowest BCUT2D eigenvalue weighted by Gasteiger charge is -2.05. The Morgan fingerprint density at radius 3 is 2.85 bits per heavy atom. The fraction of sp³-hybridized carbons (Fsp3) is 0.500. The molecule has 1 heterocycles. The third-order valence-electron chi connectivity index (χ3n) is 3.57. The minimum atomic E-state index is -0.449. The Labute approximate surface area is 117 Å². The summed E-state index contributed by atoms with van der Waals surface area (Å²) in [6.07, 6.45) is 4.34. The molecule has 1 aliphatic carbocycles. The van der Waals surface area contributed by atoms with E-state index in [2.05, 4.69) is 15.5 Å². The summed E-state index contributed by atoms with van der Waals surface area (Å²) in [6, 6.07) is 5.93. The molecule has 1 aromatic carbocycles. The van der Waals surface area contributed by atoms with Gasteiger partial charge in [0.1, 0.15) is 11.0 Å². The van der Waals surface area contributed by atoms with E-state index in [1.807, 2.05) is 23.0 Å². The first-order valence-corrected chi connectivity index (χ1v) is 7.06. The molecular formula is C14H18N4O2. The Bertz CT molecular complexity index is 617. The number of nitrogens with zero attached hydrogens (tertiary/aromatic N) is 3. The second-order valence-electron chi connectivity index (χ2n) is 5.01. The summed E-state index contributed by atoms with van der Waals surface area (Å²) in [5, 5.41) is 11.7. The van der Waals surface area contributed by atoms with E-state index in [4.69, 9.17) is 4.74 Å². The Morgan fingerprint density at radius 2 is 2.10 bits per heavy atom. The molecule has 1 N–H and O–H groups in total. The number of hydrogen-bond donors (Lipinski definition) is 1. The minimum Gasteiger partial charge on any atom is -0.450 e. The van der Waals surface area contributed by atoms with Crippen molar-refractivity contribution in [3.63, 3.8) is 0 Å². The van der Waals surface area contributed by atoms with Crippen LogP contribution in [-0.4, -0.2) is 27.7 Å². The predicted octanol–water partition coefficient (Wildman–Crippen LogP) is 3.11. The van der Waals surface area contributed by atoms with Crippen LogP contribution in [0.5, 0.6) is 0 Å². The predicted molar refractivity (Wildman–Crippen MR) is 75.7 cm³/mol. The van der Waals surface area contributed by atoms with Crippen molar-refractivity contribution in [2.45, 2.75) is 38.6 Å². The Hall–Kier alpha value is -2.11. The van der Waals surface area contributed by atoms with Crippen LogP contribution < -0.4 is 5.32 Å². The fourth-order valence-electron chi connectivity index (χ4n) is 2.59. The van der Waals surface area contributed by atoms with Crippen molar-refractivity contribution in [1.29, 1.82) is 0 Å². The van der Waals surface area contributed by atoms with E-state index in [0.29, 0.717) is 18.3 Å². The standard InChI is InChI=1S/C14H18N4O2/c1-2-20-14(19)15-10-7-8-12-13(9-10)17-18(16-12)11-5-3-4-6-11/h7-9,11H,2-6H2,1H3,(H,15,19). The average molecular weight is 274 g/mol. The van der Waals surface area contributed by atoms with Crippen molar-refractivity contribution in [1.82, 2.24) is 15.0 Å². The van der Waals surface area contributed by atoms with Crippen LogP contribution in [0, 0.1) is 0 Å². The van der Waals surface area contributed by atoms with Gasteiger partial charge >= 0.3 is 6.09 Å². The first-order chi connectivity index (χ1) is 9.76. The summed E-state index contributed by atoms with van der Waals surface area (Å²) in [5.41, 5.74) is 2.33. The number of ether oxygens (including phenoxy) is 1. The Kier molecular flexibility index (Phi) is 3.54. The number of carbonyl (C=O) groups excluding carboxylic acids is 1. The summed E-state index contributed by atoms with van der Waals surface area (Å²) in [6.45, 7) is 2.13. The minimum absolute atomic E-state index is 0.353. The monoisotopic (exact) mass is 274 g/mol. The van der Waals surface area contributed by atoms with Crippen LogP contribution in [0.4, 0.5) is 10.5 Å². The van der Waals surface area contributed by atoms with Crippen LogP contribution in [0.1, 0.15) is 38.6 Å². The molecule has 0 atom stereocenters. The number of amides is 1. The van der Waals surface area contributed by atoms with Gasteiger partial charge in [-0.1, -0.05) is 12.8 Å². The van der Waals surface area contributed by atoms with E-state index in [-0.39, 0.29) is 0 Å². The van der Waals surface area contributed by atoms with E-state index in [9.17, 15) is 4.79 Å². The van der Waals surface area contributed by atoms with Crippen molar-refractivity contribution in [2.75, 3.05) is 11.9 Å². The van der Waals surface area contributed by atoms with Gasteiger partial charge in [-0.25, -0.2) is 4.79 Å². The number of nitrogens with one attached hydrogen (secondary N) is 1. The maximum atomic E-state index is 11.4. The highest BCUT2D eigenvalue weighted by Crippen LogP contribution is 2.29. The molecule has 1 aromatic heterocycles. The van der Waals surface area contributed by atoms with E-state index in [1.54, 1.807) is 6.92 Å². The smallest absolute Gasteiger partial charge is 0.411 e. The van der Waals surface area contributed by atoms with Gasteiger partial charge in [0, 0.05) is 5.69 Å². The molecule has 106 valence electrons. The van der Waals surface area contributed by atoms with E-state index in [1.165, 1.54) is 12.8 Å². The molecule has 1 fully saturated rings. The summed E-state index contributed by atoms with van der Waals surface area (Å²) >= 11 is 0. The third-order valence-corrected chi connectivity index (χ3v) is 3.57. The van der Waals surface area contributed by atoms with Crippen molar-refractivity contribution < 1.29 is 9.53 Å². The quantitative estimate of drug-likeness (QED) is 0.933. The number of fused-ring (bicyclic) bond motifs is 1. The maximum absolute atomic E-state index is 11.4. The highest BCUT2D eigenvalue weighted by molar-refractivity contribution is 5.88. The molecule has 0 radical (unpaired) electrons. The number of aromatic nitrogens is 3. The summed E-state index contributed by atoms with van der Waals surface area (Å²) in [7, 11) is 0. The molecule has 0 unspecified atom stereocenters. The van der Waals surface area contributed by atoms with Crippen LogP contribution in [0.3, 0.4) is 0 Å². The SMILES string of the molecule is CCOC(=O)Nc1ccc2nn(C3CCCC3)nc2c1. The molecule has 1 aliphatic rings. The number of rotatable bonds is 3. The van der Waals surface area contributed by atoms with Crippen molar-refractivity contribution in [3.8, 4) is 0 Å². The van der Waals surface area contributed by atoms with Crippen molar-refractivity contribution >= 4 is 22.8 Å². The number of carbonyl (C=O) groups is 1. The fourth-order valence-corrected chi connectivity index (χ4v) is 2.59. The molecule has 1 amide bonds. The van der Waals surface area contributed by atoms with Gasteiger partial charge in [0.2, 0.25) is 0 Å². The maximum Gasteiger partial charge on any atom is 0.411 e. The average Bonchev–Trinajstić information content (AvgIpc) is 3.07. The molecule has 0 spiro atoms. The molecule has 6 nitrogen and oxygen atoms in total. The van der Waals surface area contributed by atoms with Gasteiger partial charge in [0.15, 0.2) is 0 Å². The van der Waals surface area contributed by atoms with Crippen LogP contribution in [0.15, 0.2) is 18.2 Å². The number of anilines is 1. The molecule has 2 aromatic rings. The van der Waals surface area contributed by atoms with Crippen LogP contribution in [0.2, 0.25) is 0 Å². The van der Waals surface area contributed by atoms with Gasteiger partial charge in [-0.3, -0.25) is 5.32 Å². The van der Waals surface area contributed by atoms with E-state index in [0.717, 1.165) is 23.9 Å².